The molecular formula is C34H38F3N7O3. The lowest BCUT2D eigenvalue weighted by atomic mass is 9.81. The molecule has 1 amide bonds. The summed E-state index contributed by atoms with van der Waals surface area (Å²) < 4.78 is 47.3. The number of piperazine rings is 2. The van der Waals surface area contributed by atoms with Crippen molar-refractivity contribution in [3.8, 4) is 11.4 Å². The fraction of sp³-hybridized carbons (Fsp3) is 0.412. The van der Waals surface area contributed by atoms with Gasteiger partial charge in [-0.3, -0.25) is 14.6 Å². The van der Waals surface area contributed by atoms with E-state index in [9.17, 15) is 23.1 Å². The number of halogens is 3. The second-order valence-electron chi connectivity index (χ2n) is 12.7. The van der Waals surface area contributed by atoms with Crippen LogP contribution in [0.1, 0.15) is 42.3 Å². The summed E-state index contributed by atoms with van der Waals surface area (Å²) in [6.07, 6.45) is -4.73. The number of aliphatic hydroxyl groups is 1. The summed E-state index contributed by atoms with van der Waals surface area (Å²) in [6, 6.07) is 25.4. The maximum Gasteiger partial charge on any atom is 0.453 e. The SMILES string of the molecule is COc1ccc(-n2nnnc2C(F)(F)F)cc1CN1CC(C(c2ccccc2)c2ccccc2)N2CCN(C(=O)C(C)(C)O)C[C@H]2C1. The van der Waals surface area contributed by atoms with Crippen LogP contribution in [-0.4, -0.2) is 103 Å². The van der Waals surface area contributed by atoms with E-state index in [0.717, 1.165) is 11.1 Å². The van der Waals surface area contributed by atoms with Crippen molar-refractivity contribution in [2.75, 3.05) is 39.8 Å². The molecule has 3 aromatic carbocycles. The first-order valence-corrected chi connectivity index (χ1v) is 15.6. The molecule has 1 aromatic heterocycles. The normalized spacial score (nSPS) is 19.5. The molecule has 2 saturated heterocycles. The van der Waals surface area contributed by atoms with Gasteiger partial charge in [-0.15, -0.1) is 5.10 Å². The van der Waals surface area contributed by atoms with Gasteiger partial charge in [-0.25, -0.2) is 0 Å². The lowest BCUT2D eigenvalue weighted by molar-refractivity contribution is -0.153. The topological polar surface area (TPSA) is 99.9 Å². The molecule has 2 aliphatic heterocycles. The van der Waals surface area contributed by atoms with E-state index in [1.165, 1.54) is 27.0 Å². The van der Waals surface area contributed by atoms with Crippen LogP contribution in [-0.2, 0) is 17.5 Å². The number of hydrogen-bond acceptors (Lipinski definition) is 8. The average Bonchev–Trinajstić information content (AvgIpc) is 3.56. The molecule has 1 unspecified atom stereocenters. The molecule has 0 saturated carbocycles. The Bertz CT molecular complexity index is 1640. The first-order valence-electron chi connectivity index (χ1n) is 15.6. The fourth-order valence-electron chi connectivity index (χ4n) is 6.96. The summed E-state index contributed by atoms with van der Waals surface area (Å²) in [7, 11) is 1.53. The van der Waals surface area contributed by atoms with Crippen molar-refractivity contribution in [3.63, 3.8) is 0 Å². The van der Waals surface area contributed by atoms with Crippen molar-refractivity contribution >= 4 is 5.91 Å². The summed E-state index contributed by atoms with van der Waals surface area (Å²) in [5.41, 5.74) is 1.68. The molecule has 0 bridgehead atoms. The largest absolute Gasteiger partial charge is 0.496 e. The molecule has 0 spiro atoms. The number of carbonyl (C=O) groups is 1. The van der Waals surface area contributed by atoms with Crippen LogP contribution in [0.25, 0.3) is 5.69 Å². The minimum absolute atomic E-state index is 0.00281. The maximum atomic E-state index is 13.7. The van der Waals surface area contributed by atoms with E-state index >= 15 is 0 Å². The van der Waals surface area contributed by atoms with Crippen LogP contribution in [0.15, 0.2) is 78.9 Å². The van der Waals surface area contributed by atoms with Crippen molar-refractivity contribution < 1.29 is 27.8 Å². The van der Waals surface area contributed by atoms with Crippen molar-refractivity contribution in [3.05, 3.63) is 101 Å². The number of tetrazole rings is 1. The lowest BCUT2D eigenvalue weighted by Gasteiger charge is -2.54. The number of amides is 1. The van der Waals surface area contributed by atoms with Crippen LogP contribution >= 0.6 is 0 Å². The third-order valence-electron chi connectivity index (χ3n) is 9.01. The summed E-state index contributed by atoms with van der Waals surface area (Å²) in [4.78, 5) is 19.7. The molecule has 0 aliphatic carbocycles. The number of fused-ring (bicyclic) bond motifs is 1. The Hall–Kier alpha value is -4.33. The maximum absolute atomic E-state index is 13.7. The second-order valence-corrected chi connectivity index (χ2v) is 12.7. The van der Waals surface area contributed by atoms with Gasteiger partial charge >= 0.3 is 6.18 Å². The third-order valence-corrected chi connectivity index (χ3v) is 9.01. The molecule has 3 heterocycles. The predicted octanol–water partition coefficient (Wildman–Crippen LogP) is 3.99. The van der Waals surface area contributed by atoms with Crippen molar-refractivity contribution in [2.24, 2.45) is 0 Å². The molecule has 47 heavy (non-hydrogen) atoms. The van der Waals surface area contributed by atoms with Gasteiger partial charge < -0.3 is 14.7 Å². The van der Waals surface area contributed by atoms with Crippen molar-refractivity contribution in [1.82, 2.24) is 34.9 Å². The molecule has 248 valence electrons. The number of methoxy groups -OCH3 is 1. The number of hydrogen-bond donors (Lipinski definition) is 1. The highest BCUT2D eigenvalue weighted by Gasteiger charge is 2.44. The molecule has 6 rings (SSSR count). The van der Waals surface area contributed by atoms with E-state index in [1.807, 2.05) is 36.4 Å². The zero-order chi connectivity index (χ0) is 33.3. The molecule has 10 nitrogen and oxygen atoms in total. The highest BCUT2D eigenvalue weighted by atomic mass is 19.4. The Kier molecular flexibility index (Phi) is 9.05. The molecule has 0 radical (unpaired) electrons. The lowest BCUT2D eigenvalue weighted by Crippen LogP contribution is -2.68. The molecule has 2 fully saturated rings. The molecule has 2 aliphatic rings. The van der Waals surface area contributed by atoms with E-state index in [2.05, 4.69) is 49.6 Å². The summed E-state index contributed by atoms with van der Waals surface area (Å²) in [5, 5.41) is 20.6. The zero-order valence-corrected chi connectivity index (χ0v) is 26.5. The van der Waals surface area contributed by atoms with E-state index in [0.29, 0.717) is 55.3 Å². The first kappa shape index (κ1) is 32.6. The minimum Gasteiger partial charge on any atom is -0.496 e. The number of benzene rings is 3. The van der Waals surface area contributed by atoms with Gasteiger partial charge in [0.05, 0.1) is 12.8 Å². The van der Waals surface area contributed by atoms with E-state index in [4.69, 9.17) is 4.74 Å². The van der Waals surface area contributed by atoms with E-state index < -0.39 is 17.6 Å². The van der Waals surface area contributed by atoms with Crippen LogP contribution in [0, 0.1) is 0 Å². The highest BCUT2D eigenvalue weighted by Crippen LogP contribution is 2.37. The second kappa shape index (κ2) is 13.1. The third kappa shape index (κ3) is 6.87. The average molecular weight is 650 g/mol. The van der Waals surface area contributed by atoms with E-state index in [1.54, 1.807) is 17.0 Å². The highest BCUT2D eigenvalue weighted by molar-refractivity contribution is 5.84. The number of rotatable bonds is 8. The van der Waals surface area contributed by atoms with Gasteiger partial charge in [0.15, 0.2) is 0 Å². The van der Waals surface area contributed by atoms with Crippen molar-refractivity contribution in [1.29, 1.82) is 0 Å². The van der Waals surface area contributed by atoms with Gasteiger partial charge in [-0.1, -0.05) is 60.7 Å². The monoisotopic (exact) mass is 649 g/mol. The molecular weight excluding hydrogens is 611 g/mol. The zero-order valence-electron chi connectivity index (χ0n) is 26.5. The van der Waals surface area contributed by atoms with Crippen LogP contribution < -0.4 is 4.74 Å². The smallest absolute Gasteiger partial charge is 0.453 e. The van der Waals surface area contributed by atoms with Gasteiger partial charge in [0.25, 0.3) is 11.7 Å². The Morgan fingerprint density at radius 1 is 0.957 bits per heavy atom. The quantitative estimate of drug-likeness (QED) is 0.306. The minimum atomic E-state index is -4.73. The van der Waals surface area contributed by atoms with Gasteiger partial charge in [0.2, 0.25) is 0 Å². The summed E-state index contributed by atoms with van der Waals surface area (Å²) in [5.74, 6) is -0.998. The molecule has 1 N–H and O–H groups in total. The van der Waals surface area contributed by atoms with Crippen molar-refractivity contribution in [2.45, 2.75) is 50.2 Å². The van der Waals surface area contributed by atoms with Gasteiger partial charge in [-0.2, -0.15) is 17.9 Å². The number of nitrogens with zero attached hydrogens (tertiary/aromatic N) is 7. The fourth-order valence-corrected chi connectivity index (χ4v) is 6.96. The number of ether oxygens (including phenoxy) is 1. The Labute approximate surface area is 271 Å². The molecule has 2 atom stereocenters. The van der Waals surface area contributed by atoms with Crippen LogP contribution in [0.3, 0.4) is 0 Å². The number of alkyl halides is 3. The van der Waals surface area contributed by atoms with Crippen LogP contribution in [0.4, 0.5) is 13.2 Å². The Morgan fingerprint density at radius 3 is 2.21 bits per heavy atom. The standard InChI is InChI=1S/C34H38F3N7O3/c1-33(2,46)32(45)42-16-17-43-27(21-42)20-41(22-28(43)30(23-10-6-4-7-11-23)24-12-8-5-9-13-24)19-25-18-26(14-15-29(25)47-3)44-31(34(35,36)37)38-39-40-44/h4-15,18,27-28,30,46H,16-17,19-22H2,1-3H3/t27-,28?/m1/s1. The summed E-state index contributed by atoms with van der Waals surface area (Å²) in [6.45, 7) is 6.19. The first-order chi connectivity index (χ1) is 22.4. The molecule has 4 aromatic rings. The molecule has 13 heteroatoms. The number of carbonyl (C=O) groups excluding carboxylic acids is 1. The summed E-state index contributed by atoms with van der Waals surface area (Å²) >= 11 is 0. The Morgan fingerprint density at radius 2 is 1.62 bits per heavy atom. The van der Waals surface area contributed by atoms with Gasteiger partial charge in [0.1, 0.15) is 11.4 Å². The number of aromatic nitrogens is 4. The van der Waals surface area contributed by atoms with E-state index in [-0.39, 0.29) is 29.6 Å². The van der Waals surface area contributed by atoms with Crippen LogP contribution in [0.2, 0.25) is 0 Å². The Balaban J connectivity index is 1.38. The van der Waals surface area contributed by atoms with Gasteiger partial charge in [0, 0.05) is 62.8 Å². The van der Waals surface area contributed by atoms with Gasteiger partial charge in [-0.05, 0) is 53.6 Å². The van der Waals surface area contributed by atoms with Crippen LogP contribution in [0.5, 0.6) is 5.75 Å². The predicted molar refractivity (Wildman–Crippen MR) is 168 cm³/mol.